The Morgan fingerprint density at radius 2 is 1.72 bits per heavy atom. The van der Waals surface area contributed by atoms with Crippen molar-refractivity contribution in [1.29, 1.82) is 5.41 Å². The molecule has 2 saturated carbocycles. The molecule has 0 spiro atoms. The van der Waals surface area contributed by atoms with Crippen LogP contribution in [-0.4, -0.2) is 43.3 Å². The van der Waals surface area contributed by atoms with Crippen molar-refractivity contribution in [3.63, 3.8) is 0 Å². The van der Waals surface area contributed by atoms with Gasteiger partial charge in [-0.15, -0.1) is 0 Å². The van der Waals surface area contributed by atoms with Gasteiger partial charge in [-0.1, -0.05) is 38.2 Å². The van der Waals surface area contributed by atoms with Crippen LogP contribution in [0.5, 0.6) is 0 Å². The molecule has 32 heavy (non-hydrogen) atoms. The summed E-state index contributed by atoms with van der Waals surface area (Å²) in [6, 6.07) is 7.49. The van der Waals surface area contributed by atoms with Gasteiger partial charge >= 0.3 is 0 Å². The maximum Gasteiger partial charge on any atom is 0.253 e. The van der Waals surface area contributed by atoms with Gasteiger partial charge in [0.15, 0.2) is 0 Å². The van der Waals surface area contributed by atoms with E-state index in [0.29, 0.717) is 11.4 Å². The molecule has 1 unspecified atom stereocenters. The predicted molar refractivity (Wildman–Crippen MR) is 133 cm³/mol. The Balaban J connectivity index is 0.000000375. The zero-order chi connectivity index (χ0) is 23.8. The van der Waals surface area contributed by atoms with Crippen LogP contribution in [-0.2, 0) is 4.79 Å². The van der Waals surface area contributed by atoms with Crippen molar-refractivity contribution >= 4 is 35.5 Å². The highest BCUT2D eigenvalue weighted by Gasteiger charge is 2.16. The average Bonchev–Trinajstić information content (AvgIpc) is 3.64. The van der Waals surface area contributed by atoms with Crippen LogP contribution < -0.4 is 33.7 Å². The van der Waals surface area contributed by atoms with Crippen molar-refractivity contribution in [2.45, 2.75) is 57.0 Å². The number of aliphatic imine (C=N–C) groups is 1. The number of nitrogens with two attached hydrogens (primary N) is 4. The largest absolute Gasteiger partial charge is 0.393 e. The number of nitrogens with one attached hydrogen (secondary N) is 3. The minimum atomic E-state index is -0.671. The number of hydrogen-bond acceptors (Lipinski definition) is 8. The summed E-state index contributed by atoms with van der Waals surface area (Å²) >= 11 is 0. The SMILES string of the molecule is C1CC1.CN/C=C(/C(N)=O)C(N)=Nc1cccc(N/N=C\C=N)c1.NC1CCCC[C@H]1N. The van der Waals surface area contributed by atoms with Crippen LogP contribution in [0, 0.1) is 5.41 Å². The van der Waals surface area contributed by atoms with E-state index in [-0.39, 0.29) is 23.5 Å². The molecule has 3 rings (SSSR count). The van der Waals surface area contributed by atoms with Crippen LogP contribution in [0.1, 0.15) is 44.9 Å². The van der Waals surface area contributed by atoms with Crippen molar-refractivity contribution in [2.75, 3.05) is 12.5 Å². The monoisotopic (exact) mass is 443 g/mol. The third kappa shape index (κ3) is 11.8. The topological polar surface area (TPSA) is 194 Å². The van der Waals surface area contributed by atoms with Crippen LogP contribution in [0.4, 0.5) is 11.4 Å². The van der Waals surface area contributed by atoms with Crippen LogP contribution in [0.3, 0.4) is 0 Å². The first-order valence-corrected chi connectivity index (χ1v) is 10.8. The lowest BCUT2D eigenvalue weighted by Gasteiger charge is -2.24. The van der Waals surface area contributed by atoms with Crippen LogP contribution in [0.25, 0.3) is 0 Å². The number of primary amides is 1. The van der Waals surface area contributed by atoms with E-state index in [1.54, 1.807) is 31.3 Å². The first-order valence-electron chi connectivity index (χ1n) is 10.8. The highest BCUT2D eigenvalue weighted by atomic mass is 16.1. The van der Waals surface area contributed by atoms with Gasteiger partial charge < -0.3 is 33.7 Å². The summed E-state index contributed by atoms with van der Waals surface area (Å²) in [6.45, 7) is 0. The van der Waals surface area contributed by atoms with E-state index in [2.05, 4.69) is 20.8 Å². The van der Waals surface area contributed by atoms with E-state index < -0.39 is 5.91 Å². The molecular weight excluding hydrogens is 406 g/mol. The smallest absolute Gasteiger partial charge is 0.253 e. The Morgan fingerprint density at radius 1 is 1.09 bits per heavy atom. The summed E-state index contributed by atoms with van der Waals surface area (Å²) in [5.74, 6) is -0.660. The summed E-state index contributed by atoms with van der Waals surface area (Å²) < 4.78 is 0. The molecule has 11 N–H and O–H groups in total. The molecule has 176 valence electrons. The molecule has 2 atom stereocenters. The van der Waals surface area contributed by atoms with Gasteiger partial charge in [0.2, 0.25) is 0 Å². The average molecular weight is 444 g/mol. The van der Waals surface area contributed by atoms with Gasteiger partial charge in [-0.05, 0) is 31.0 Å². The number of nitrogens with zero attached hydrogens (tertiary/aromatic N) is 2. The molecule has 0 aromatic heterocycles. The lowest BCUT2D eigenvalue weighted by Crippen LogP contribution is -2.43. The maximum atomic E-state index is 11.3. The molecule has 10 heteroatoms. The van der Waals surface area contributed by atoms with Crippen LogP contribution in [0.15, 0.2) is 46.1 Å². The Morgan fingerprint density at radius 3 is 2.19 bits per heavy atom. The first-order chi connectivity index (χ1) is 15.4. The zero-order valence-electron chi connectivity index (χ0n) is 18.8. The van der Waals surface area contributed by atoms with Crippen molar-refractivity contribution in [3.05, 3.63) is 36.0 Å². The van der Waals surface area contributed by atoms with E-state index in [4.69, 9.17) is 28.3 Å². The fourth-order valence-corrected chi connectivity index (χ4v) is 2.60. The molecule has 1 aromatic carbocycles. The highest BCUT2D eigenvalue weighted by molar-refractivity contribution is 6.20. The van der Waals surface area contributed by atoms with E-state index in [9.17, 15) is 4.79 Å². The van der Waals surface area contributed by atoms with Gasteiger partial charge in [-0.2, -0.15) is 5.10 Å². The lowest BCUT2D eigenvalue weighted by molar-refractivity contribution is -0.114. The number of benzene rings is 1. The van der Waals surface area contributed by atoms with Gasteiger partial charge in [-0.25, -0.2) is 4.99 Å². The van der Waals surface area contributed by atoms with E-state index in [1.165, 1.54) is 44.5 Å². The number of carbonyl (C=O) groups is 1. The van der Waals surface area contributed by atoms with Crippen molar-refractivity contribution < 1.29 is 4.79 Å². The normalized spacial score (nSPS) is 20.2. The molecule has 0 aliphatic heterocycles. The lowest BCUT2D eigenvalue weighted by atomic mass is 9.92. The fourth-order valence-electron chi connectivity index (χ4n) is 2.60. The summed E-state index contributed by atoms with van der Waals surface area (Å²) in [7, 11) is 1.63. The molecule has 0 saturated heterocycles. The zero-order valence-corrected chi connectivity index (χ0v) is 18.8. The summed E-state index contributed by atoms with van der Waals surface area (Å²) in [4.78, 5) is 15.4. The predicted octanol–water partition coefficient (Wildman–Crippen LogP) is 1.70. The van der Waals surface area contributed by atoms with Crippen molar-refractivity contribution in [2.24, 2.45) is 33.0 Å². The number of rotatable bonds is 7. The Bertz CT molecular complexity index is 790. The number of carbonyl (C=O) groups excluding carboxylic acids is 1. The number of amides is 1. The third-order valence-corrected chi connectivity index (χ3v) is 4.50. The molecule has 1 amide bonds. The summed E-state index contributed by atoms with van der Waals surface area (Å²) in [5.41, 5.74) is 26.3. The Hall–Kier alpha value is -3.24. The van der Waals surface area contributed by atoms with E-state index in [1.807, 2.05) is 0 Å². The molecule has 2 aliphatic rings. The van der Waals surface area contributed by atoms with Gasteiger partial charge in [0.1, 0.15) is 5.84 Å². The highest BCUT2D eigenvalue weighted by Crippen LogP contribution is 2.18. The molecule has 1 aromatic rings. The minimum absolute atomic E-state index is 0.0111. The summed E-state index contributed by atoms with van der Waals surface area (Å²) in [5, 5.41) is 13.3. The van der Waals surface area contributed by atoms with E-state index in [0.717, 1.165) is 19.1 Å². The van der Waals surface area contributed by atoms with Gasteiger partial charge in [0, 0.05) is 31.5 Å². The number of hydrazone groups is 1. The van der Waals surface area contributed by atoms with Gasteiger partial charge in [0.25, 0.3) is 5.91 Å². The van der Waals surface area contributed by atoms with E-state index >= 15 is 0 Å². The second kappa shape index (κ2) is 15.5. The second-order valence-corrected chi connectivity index (χ2v) is 7.49. The number of hydrogen-bond donors (Lipinski definition) is 7. The number of amidine groups is 1. The summed E-state index contributed by atoms with van der Waals surface area (Å²) in [6.07, 6.45) is 13.0. The van der Waals surface area contributed by atoms with Crippen molar-refractivity contribution in [1.82, 2.24) is 5.32 Å². The molecule has 0 bridgehead atoms. The molecule has 0 radical (unpaired) electrons. The maximum absolute atomic E-state index is 11.3. The molecule has 2 aliphatic carbocycles. The minimum Gasteiger partial charge on any atom is -0.393 e. The number of anilines is 1. The second-order valence-electron chi connectivity index (χ2n) is 7.49. The van der Waals surface area contributed by atoms with Crippen LogP contribution in [0.2, 0.25) is 0 Å². The molecule has 2 fully saturated rings. The first kappa shape index (κ1) is 26.8. The Labute approximate surface area is 190 Å². The fraction of sp³-hybridized carbons (Fsp3) is 0.455. The molecule has 10 nitrogen and oxygen atoms in total. The van der Waals surface area contributed by atoms with Crippen LogP contribution >= 0.6 is 0 Å². The standard InChI is InChI=1S/C13H17N7O.C6H14N2.C3H6/c1-17-8-11(13(16)21)12(15)19-9-3-2-4-10(7-9)20-18-6-5-14;7-5-3-1-2-4-6(5)8;1-2-3-1/h2-8,14,17,20H,1H3,(H2,15,19)(H2,16,21);5-6H,1-4,7-8H2;1-3H2/b11-8+,14-5?,18-6-;;/t;5-,6?;/m.1./s1. The van der Waals surface area contributed by atoms with Crippen molar-refractivity contribution in [3.8, 4) is 0 Å². The van der Waals surface area contributed by atoms with Gasteiger partial charge in [-0.3, -0.25) is 10.2 Å². The molecule has 0 heterocycles. The third-order valence-electron chi connectivity index (χ3n) is 4.50. The molecular formula is C22H37N9O. The Kier molecular flexibility index (Phi) is 13.0. The van der Waals surface area contributed by atoms with Gasteiger partial charge in [0.05, 0.1) is 23.2 Å². The quantitative estimate of drug-likeness (QED) is 0.145.